The van der Waals surface area contributed by atoms with E-state index >= 15 is 0 Å². The second kappa shape index (κ2) is 12.7. The molecule has 4 nitrogen and oxygen atoms in total. The minimum absolute atomic E-state index is 0.590. The fraction of sp³-hybridized carbons (Fsp3) is 0.143. The maximum Gasteiger partial charge on any atom is 0.147 e. The molecule has 29 heavy (non-hydrogen) atoms. The topological polar surface area (TPSA) is 44.8 Å². The summed E-state index contributed by atoms with van der Waals surface area (Å²) in [5.41, 5.74) is 0. The second-order valence-corrected chi connectivity index (χ2v) is 9.45. The Kier molecular flexibility index (Phi) is 10.3. The SMILES string of the molecule is COc1ccc(S(=O)Cl)cc1.COc1ccc(SSc2ccc(OC)cc2)cc1. The molecule has 0 saturated carbocycles. The van der Waals surface area contributed by atoms with Crippen LogP contribution in [0.25, 0.3) is 0 Å². The third-order valence-corrected chi connectivity index (χ3v) is 7.19. The molecule has 0 amide bonds. The molecule has 1 atom stereocenters. The van der Waals surface area contributed by atoms with Crippen LogP contribution in [0.2, 0.25) is 0 Å². The summed E-state index contributed by atoms with van der Waals surface area (Å²) in [7, 11) is 12.3. The van der Waals surface area contributed by atoms with Gasteiger partial charge < -0.3 is 14.2 Å². The van der Waals surface area contributed by atoms with Gasteiger partial charge in [0.05, 0.1) is 26.2 Å². The van der Waals surface area contributed by atoms with Crippen molar-refractivity contribution >= 4 is 42.3 Å². The number of halogens is 1. The number of ether oxygens (including phenoxy) is 3. The summed E-state index contributed by atoms with van der Waals surface area (Å²) in [4.78, 5) is 3.00. The van der Waals surface area contributed by atoms with E-state index in [1.807, 2.05) is 24.3 Å². The highest BCUT2D eigenvalue weighted by Gasteiger charge is 1.99. The monoisotopic (exact) mass is 468 g/mol. The molecule has 3 aromatic carbocycles. The van der Waals surface area contributed by atoms with Gasteiger partial charge in [-0.3, -0.25) is 0 Å². The molecule has 0 bridgehead atoms. The zero-order valence-corrected chi connectivity index (χ0v) is 19.4. The molecular formula is C21H21ClO4S3. The third-order valence-electron chi connectivity index (χ3n) is 3.60. The summed E-state index contributed by atoms with van der Waals surface area (Å²) in [6.45, 7) is 0. The predicted molar refractivity (Wildman–Crippen MR) is 123 cm³/mol. The van der Waals surface area contributed by atoms with Crippen LogP contribution >= 0.6 is 32.3 Å². The lowest BCUT2D eigenvalue weighted by Crippen LogP contribution is -1.84. The van der Waals surface area contributed by atoms with Crippen LogP contribution < -0.4 is 14.2 Å². The largest absolute Gasteiger partial charge is 0.497 e. The minimum atomic E-state index is -1.42. The van der Waals surface area contributed by atoms with Crippen molar-refractivity contribution in [3.05, 3.63) is 72.8 Å². The van der Waals surface area contributed by atoms with Crippen molar-refractivity contribution in [1.29, 1.82) is 0 Å². The maximum atomic E-state index is 10.7. The quantitative estimate of drug-likeness (QED) is 0.293. The lowest BCUT2D eigenvalue weighted by atomic mass is 10.3. The van der Waals surface area contributed by atoms with Crippen molar-refractivity contribution in [3.8, 4) is 17.2 Å². The molecule has 0 aliphatic heterocycles. The highest BCUT2D eigenvalue weighted by Crippen LogP contribution is 2.38. The molecule has 3 rings (SSSR count). The predicted octanol–water partition coefficient (Wildman–Crippen LogP) is 6.46. The normalized spacial score (nSPS) is 11.0. The molecular weight excluding hydrogens is 448 g/mol. The van der Waals surface area contributed by atoms with Crippen LogP contribution in [0.5, 0.6) is 17.2 Å². The molecule has 0 N–H and O–H groups in total. The smallest absolute Gasteiger partial charge is 0.147 e. The van der Waals surface area contributed by atoms with Crippen molar-refractivity contribution in [2.45, 2.75) is 14.7 Å². The van der Waals surface area contributed by atoms with Gasteiger partial charge in [-0.15, -0.1) is 0 Å². The van der Waals surface area contributed by atoms with Crippen molar-refractivity contribution in [2.24, 2.45) is 0 Å². The Bertz CT molecular complexity index is 838. The highest BCUT2D eigenvalue weighted by atomic mass is 35.7. The first-order valence-electron chi connectivity index (χ1n) is 8.40. The lowest BCUT2D eigenvalue weighted by Gasteiger charge is -2.04. The molecule has 0 radical (unpaired) electrons. The Balaban J connectivity index is 0.000000234. The van der Waals surface area contributed by atoms with E-state index in [1.54, 1.807) is 67.2 Å². The summed E-state index contributed by atoms with van der Waals surface area (Å²) < 4.78 is 25.8. The number of methoxy groups -OCH3 is 3. The second-order valence-electron chi connectivity index (χ2n) is 5.42. The molecule has 154 valence electrons. The maximum absolute atomic E-state index is 10.7. The molecule has 0 spiro atoms. The highest BCUT2D eigenvalue weighted by molar-refractivity contribution is 8.76. The lowest BCUT2D eigenvalue weighted by molar-refractivity contribution is 0.414. The van der Waals surface area contributed by atoms with Crippen molar-refractivity contribution < 1.29 is 18.4 Å². The van der Waals surface area contributed by atoms with Gasteiger partial charge in [0.1, 0.15) is 27.3 Å². The van der Waals surface area contributed by atoms with Gasteiger partial charge in [0.25, 0.3) is 0 Å². The average Bonchev–Trinajstić information content (AvgIpc) is 2.78. The van der Waals surface area contributed by atoms with Crippen LogP contribution in [-0.4, -0.2) is 25.5 Å². The first kappa shape index (κ1) is 23.5. The van der Waals surface area contributed by atoms with Crippen molar-refractivity contribution in [1.82, 2.24) is 0 Å². The Labute approximate surface area is 186 Å². The van der Waals surface area contributed by atoms with Crippen LogP contribution in [0, 0.1) is 0 Å². The van der Waals surface area contributed by atoms with Gasteiger partial charge in [0, 0.05) is 9.79 Å². The average molecular weight is 469 g/mol. The summed E-state index contributed by atoms with van der Waals surface area (Å²) >= 11 is 0. The first-order valence-corrected chi connectivity index (χ1v) is 12.5. The van der Waals surface area contributed by atoms with Crippen LogP contribution in [0.1, 0.15) is 0 Å². The van der Waals surface area contributed by atoms with E-state index in [0.717, 1.165) is 17.2 Å². The van der Waals surface area contributed by atoms with E-state index in [9.17, 15) is 4.21 Å². The zero-order valence-electron chi connectivity index (χ0n) is 16.2. The molecule has 0 saturated heterocycles. The van der Waals surface area contributed by atoms with E-state index in [4.69, 9.17) is 24.9 Å². The number of hydrogen-bond donors (Lipinski definition) is 0. The van der Waals surface area contributed by atoms with Crippen molar-refractivity contribution in [3.63, 3.8) is 0 Å². The van der Waals surface area contributed by atoms with Gasteiger partial charge in [0.15, 0.2) is 0 Å². The molecule has 1 unspecified atom stereocenters. The van der Waals surface area contributed by atoms with E-state index in [1.165, 1.54) is 9.79 Å². The van der Waals surface area contributed by atoms with Gasteiger partial charge >= 0.3 is 0 Å². The molecule has 3 aromatic rings. The molecule has 8 heteroatoms. The van der Waals surface area contributed by atoms with Gasteiger partial charge in [-0.2, -0.15) is 0 Å². The van der Waals surface area contributed by atoms with E-state index < -0.39 is 10.0 Å². The Morgan fingerprint density at radius 3 is 1.21 bits per heavy atom. The Hall–Kier alpha value is -1.80. The summed E-state index contributed by atoms with van der Waals surface area (Å²) in [6.07, 6.45) is 0. The summed E-state index contributed by atoms with van der Waals surface area (Å²) in [5.74, 6) is 2.50. The molecule has 0 aliphatic rings. The molecule has 0 fully saturated rings. The van der Waals surface area contributed by atoms with Gasteiger partial charge in [-0.05, 0) is 83.5 Å². The van der Waals surface area contributed by atoms with Crippen LogP contribution in [0.4, 0.5) is 0 Å². The van der Waals surface area contributed by atoms with Gasteiger partial charge in [0.2, 0.25) is 0 Å². The molecule has 0 aromatic heterocycles. The number of rotatable bonds is 7. The standard InChI is InChI=1S/C14H14O2S2.C7H7ClO2S/c1-15-11-3-7-13(8-4-11)17-18-14-9-5-12(16-2)6-10-14;1-10-6-2-4-7(5-3-6)11(8)9/h3-10H,1-2H3;2-5H,1H3. The summed E-state index contributed by atoms with van der Waals surface area (Å²) in [5, 5.41) is 0. The van der Waals surface area contributed by atoms with Crippen molar-refractivity contribution in [2.75, 3.05) is 21.3 Å². The first-order chi connectivity index (χ1) is 14.0. The zero-order chi connectivity index (χ0) is 21.1. The third kappa shape index (κ3) is 8.22. The van der Waals surface area contributed by atoms with Gasteiger partial charge in [-0.1, -0.05) is 21.6 Å². The van der Waals surface area contributed by atoms with Crippen LogP contribution in [0.15, 0.2) is 87.5 Å². The molecule has 0 aliphatic carbocycles. The van der Waals surface area contributed by atoms with E-state index in [0.29, 0.717) is 4.90 Å². The van der Waals surface area contributed by atoms with E-state index in [-0.39, 0.29) is 0 Å². The van der Waals surface area contributed by atoms with Gasteiger partial charge in [-0.25, -0.2) is 4.21 Å². The number of benzene rings is 3. The Morgan fingerprint density at radius 1 is 0.621 bits per heavy atom. The van der Waals surface area contributed by atoms with Crippen LogP contribution in [-0.2, 0) is 10.0 Å². The van der Waals surface area contributed by atoms with E-state index in [2.05, 4.69) is 24.3 Å². The Morgan fingerprint density at radius 2 is 0.931 bits per heavy atom. The number of hydrogen-bond acceptors (Lipinski definition) is 6. The molecule has 0 heterocycles. The summed E-state index contributed by atoms with van der Waals surface area (Å²) in [6, 6.07) is 22.9. The fourth-order valence-electron chi connectivity index (χ4n) is 2.04. The van der Waals surface area contributed by atoms with Crippen LogP contribution in [0.3, 0.4) is 0 Å². The fourth-order valence-corrected chi connectivity index (χ4v) is 4.63. The minimum Gasteiger partial charge on any atom is -0.497 e.